The summed E-state index contributed by atoms with van der Waals surface area (Å²) < 4.78 is 0. The number of fused-ring (bicyclic) bond motifs is 1. The van der Waals surface area contributed by atoms with Crippen LogP contribution in [0.15, 0.2) is 82.5 Å². The molecule has 0 atom stereocenters. The summed E-state index contributed by atoms with van der Waals surface area (Å²) >= 11 is 0. The third-order valence-electron chi connectivity index (χ3n) is 3.86. The predicted octanol–water partition coefficient (Wildman–Crippen LogP) is 5.85. The van der Waals surface area contributed by atoms with E-state index in [2.05, 4.69) is 9.98 Å². The van der Waals surface area contributed by atoms with Crippen molar-refractivity contribution in [3.63, 3.8) is 0 Å². The first kappa shape index (κ1) is 20.4. The minimum absolute atomic E-state index is 0. The Hall–Kier alpha value is -2.91. The number of hydrogen-bond acceptors (Lipinski definition) is 4. The summed E-state index contributed by atoms with van der Waals surface area (Å²) in [6.07, 6.45) is 3.29. The van der Waals surface area contributed by atoms with Crippen LogP contribution in [0.2, 0.25) is 0 Å². The number of phenols is 1. The molecule has 2 N–H and O–H groups in total. The van der Waals surface area contributed by atoms with Crippen molar-refractivity contribution in [1.82, 2.24) is 0 Å². The standard InChI is InChI=1S/C22H20N2O2.Ni/c1-15(13-16(2)25)24-19-10-8-18(9-11-19)23-14-21-20-6-4-3-5-17(20)7-12-22(21)26;/h3-14,25-26H,1-2H3;/b16-13-,23-14?,24-15?;. The number of hydrogen-bond donors (Lipinski definition) is 2. The van der Waals surface area contributed by atoms with Gasteiger partial charge >= 0.3 is 0 Å². The van der Waals surface area contributed by atoms with Crippen LogP contribution in [0.5, 0.6) is 5.75 Å². The second-order valence-electron chi connectivity index (χ2n) is 6.03. The molecule has 3 rings (SSSR count). The molecular weight excluding hydrogens is 383 g/mol. The molecule has 0 amide bonds. The smallest absolute Gasteiger partial charge is 0.124 e. The van der Waals surface area contributed by atoms with Crippen molar-refractivity contribution in [2.75, 3.05) is 0 Å². The monoisotopic (exact) mass is 402 g/mol. The second-order valence-corrected chi connectivity index (χ2v) is 6.03. The Labute approximate surface area is 168 Å². The van der Waals surface area contributed by atoms with Gasteiger partial charge in [0.25, 0.3) is 0 Å². The topological polar surface area (TPSA) is 65.2 Å². The molecule has 0 bridgehead atoms. The minimum Gasteiger partial charge on any atom is -0.513 e. The number of aromatic hydroxyl groups is 1. The van der Waals surface area contributed by atoms with E-state index in [1.165, 1.54) is 0 Å². The molecule has 0 radical (unpaired) electrons. The van der Waals surface area contributed by atoms with E-state index in [0.29, 0.717) is 5.56 Å². The SMILES string of the molecule is CC(/C=C(/C)O)=Nc1ccc(N=Cc2c(O)ccc3ccccc23)cc1.[Ni]. The molecule has 0 unspecified atom stereocenters. The number of nitrogens with zero attached hydrogens (tertiary/aromatic N) is 2. The number of phenolic OH excluding ortho intramolecular Hbond substituents is 1. The van der Waals surface area contributed by atoms with Gasteiger partial charge in [-0.25, -0.2) is 0 Å². The van der Waals surface area contributed by atoms with Gasteiger partial charge in [0.2, 0.25) is 0 Å². The fourth-order valence-corrected chi connectivity index (χ4v) is 2.71. The Morgan fingerprint density at radius 3 is 2.26 bits per heavy atom. The third kappa shape index (κ3) is 5.28. The number of rotatable bonds is 4. The van der Waals surface area contributed by atoms with Gasteiger partial charge in [-0.05, 0) is 61.0 Å². The van der Waals surface area contributed by atoms with Crippen molar-refractivity contribution in [2.45, 2.75) is 13.8 Å². The first-order valence-electron chi connectivity index (χ1n) is 8.30. The van der Waals surface area contributed by atoms with Crippen molar-refractivity contribution < 1.29 is 26.7 Å². The molecule has 5 heteroatoms. The molecule has 0 spiro atoms. The fourth-order valence-electron chi connectivity index (χ4n) is 2.71. The van der Waals surface area contributed by atoms with Crippen molar-refractivity contribution in [3.8, 4) is 5.75 Å². The van der Waals surface area contributed by atoms with Crippen LogP contribution in [0.4, 0.5) is 11.4 Å². The van der Waals surface area contributed by atoms with Crippen LogP contribution >= 0.6 is 0 Å². The normalized spacial score (nSPS) is 12.4. The number of allylic oxidation sites excluding steroid dienone is 2. The van der Waals surface area contributed by atoms with E-state index in [9.17, 15) is 10.2 Å². The molecule has 0 saturated heterocycles. The molecule has 0 aliphatic heterocycles. The summed E-state index contributed by atoms with van der Waals surface area (Å²) in [5.74, 6) is 0.429. The van der Waals surface area contributed by atoms with Crippen LogP contribution in [0, 0.1) is 0 Å². The van der Waals surface area contributed by atoms with E-state index < -0.39 is 0 Å². The number of aliphatic hydroxyl groups excluding tert-OH is 1. The molecule has 3 aromatic carbocycles. The average molecular weight is 403 g/mol. The Balaban J connectivity index is 0.00000261. The van der Waals surface area contributed by atoms with Gasteiger partial charge in [-0.1, -0.05) is 30.3 Å². The van der Waals surface area contributed by atoms with Gasteiger partial charge in [0.1, 0.15) is 5.75 Å². The van der Waals surface area contributed by atoms with Crippen molar-refractivity contribution >= 4 is 34.1 Å². The molecule has 27 heavy (non-hydrogen) atoms. The third-order valence-corrected chi connectivity index (χ3v) is 3.86. The molecule has 0 heterocycles. The minimum atomic E-state index is 0. The molecule has 0 aromatic heterocycles. The van der Waals surface area contributed by atoms with Gasteiger partial charge in [-0.15, -0.1) is 0 Å². The molecule has 3 aromatic rings. The van der Waals surface area contributed by atoms with Crippen LogP contribution in [-0.4, -0.2) is 22.1 Å². The van der Waals surface area contributed by atoms with Gasteiger partial charge in [-0.2, -0.15) is 0 Å². The van der Waals surface area contributed by atoms with E-state index in [0.717, 1.165) is 27.9 Å². The van der Waals surface area contributed by atoms with E-state index in [4.69, 9.17) is 0 Å². The molecular formula is C22H20N2NiO2. The summed E-state index contributed by atoms with van der Waals surface area (Å²) in [6, 6.07) is 18.9. The summed E-state index contributed by atoms with van der Waals surface area (Å²) in [5.41, 5.74) is 2.97. The molecule has 0 fully saturated rings. The first-order chi connectivity index (χ1) is 12.5. The Bertz CT molecular complexity index is 1020. The van der Waals surface area contributed by atoms with Gasteiger partial charge in [-0.3, -0.25) is 9.98 Å². The predicted molar refractivity (Wildman–Crippen MR) is 108 cm³/mol. The fraction of sp³-hybridized carbons (Fsp3) is 0.0909. The maximum absolute atomic E-state index is 10.2. The largest absolute Gasteiger partial charge is 0.513 e. The summed E-state index contributed by atoms with van der Waals surface area (Å²) in [6.45, 7) is 3.44. The van der Waals surface area contributed by atoms with E-state index in [-0.39, 0.29) is 28.0 Å². The zero-order valence-electron chi connectivity index (χ0n) is 15.0. The maximum Gasteiger partial charge on any atom is 0.124 e. The number of aliphatic imine (C=N–C) groups is 2. The Morgan fingerprint density at radius 1 is 0.889 bits per heavy atom. The second kappa shape index (κ2) is 9.15. The quantitative estimate of drug-likeness (QED) is 0.326. The van der Waals surface area contributed by atoms with Gasteiger partial charge < -0.3 is 10.2 Å². The average Bonchev–Trinajstić information content (AvgIpc) is 2.61. The first-order valence-corrected chi connectivity index (χ1v) is 8.30. The number of aliphatic hydroxyl groups is 1. The zero-order valence-corrected chi connectivity index (χ0v) is 16.0. The Morgan fingerprint density at radius 2 is 1.56 bits per heavy atom. The zero-order chi connectivity index (χ0) is 18.5. The molecule has 0 aliphatic rings. The molecule has 0 saturated carbocycles. The number of benzene rings is 3. The van der Waals surface area contributed by atoms with Gasteiger partial charge in [0.05, 0.1) is 17.1 Å². The molecule has 4 nitrogen and oxygen atoms in total. The van der Waals surface area contributed by atoms with Crippen LogP contribution in [-0.2, 0) is 16.5 Å². The van der Waals surface area contributed by atoms with E-state index in [1.54, 1.807) is 25.3 Å². The van der Waals surface area contributed by atoms with Crippen LogP contribution in [0.1, 0.15) is 19.4 Å². The molecule has 140 valence electrons. The Kier molecular flexibility index (Phi) is 6.92. The van der Waals surface area contributed by atoms with Gasteiger partial charge in [0.15, 0.2) is 0 Å². The van der Waals surface area contributed by atoms with E-state index in [1.807, 2.05) is 61.5 Å². The van der Waals surface area contributed by atoms with Crippen LogP contribution in [0.25, 0.3) is 10.8 Å². The van der Waals surface area contributed by atoms with Crippen molar-refractivity contribution in [2.24, 2.45) is 9.98 Å². The van der Waals surface area contributed by atoms with E-state index >= 15 is 0 Å². The summed E-state index contributed by atoms with van der Waals surface area (Å²) in [7, 11) is 0. The van der Waals surface area contributed by atoms with Crippen molar-refractivity contribution in [1.29, 1.82) is 0 Å². The van der Waals surface area contributed by atoms with Gasteiger partial charge in [0, 0.05) is 34.0 Å². The van der Waals surface area contributed by atoms with Crippen LogP contribution < -0.4 is 0 Å². The summed E-state index contributed by atoms with van der Waals surface area (Å²) in [5, 5.41) is 21.4. The summed E-state index contributed by atoms with van der Waals surface area (Å²) in [4.78, 5) is 8.87. The van der Waals surface area contributed by atoms with Crippen LogP contribution in [0.3, 0.4) is 0 Å². The van der Waals surface area contributed by atoms with Crippen molar-refractivity contribution in [3.05, 3.63) is 78.1 Å². The maximum atomic E-state index is 10.2. The molecule has 0 aliphatic carbocycles.